The Balaban J connectivity index is 1.86. The van der Waals surface area contributed by atoms with Gasteiger partial charge in [-0.2, -0.15) is 0 Å². The lowest BCUT2D eigenvalue weighted by Crippen LogP contribution is -2.23. The highest BCUT2D eigenvalue weighted by Gasteiger charge is 2.30. The van der Waals surface area contributed by atoms with E-state index in [-0.39, 0.29) is 19.1 Å². The Hall–Kier alpha value is -2.78. The number of rotatable bonds is 8. The fourth-order valence-electron chi connectivity index (χ4n) is 2.82. The molecule has 1 fully saturated rings. The standard InChI is InChI=1S/C23H23BrN2O5S/c1-4-29-18-12-15(11-17(24)21(18)31-14-20(27)30-5-2)13-19-22(28)26(3)23(32-19)25-16-9-7-6-8-10-16/h6-13H,4-5,14H2,1-3H3. The number of carbonyl (C=O) groups excluding carboxylic acids is 2. The molecule has 1 aliphatic rings. The molecule has 1 saturated heterocycles. The minimum absolute atomic E-state index is 0.138. The summed E-state index contributed by atoms with van der Waals surface area (Å²) in [5.74, 6) is 0.256. The Morgan fingerprint density at radius 2 is 1.91 bits per heavy atom. The highest BCUT2D eigenvalue weighted by atomic mass is 79.9. The van der Waals surface area contributed by atoms with Crippen molar-refractivity contribution in [3.05, 3.63) is 57.4 Å². The average molecular weight is 519 g/mol. The zero-order valence-corrected chi connectivity index (χ0v) is 20.4. The van der Waals surface area contributed by atoms with Crippen LogP contribution in [0, 0.1) is 0 Å². The average Bonchev–Trinajstić information content (AvgIpc) is 3.02. The van der Waals surface area contributed by atoms with Crippen LogP contribution in [0.4, 0.5) is 5.69 Å². The second kappa shape index (κ2) is 11.2. The van der Waals surface area contributed by atoms with Crippen LogP contribution in [0.5, 0.6) is 11.5 Å². The third kappa shape index (κ3) is 5.92. The molecule has 0 bridgehead atoms. The number of amidine groups is 1. The minimum Gasteiger partial charge on any atom is -0.490 e. The number of esters is 1. The van der Waals surface area contributed by atoms with E-state index in [2.05, 4.69) is 20.9 Å². The van der Waals surface area contributed by atoms with Crippen LogP contribution in [0.25, 0.3) is 6.08 Å². The number of para-hydroxylation sites is 1. The van der Waals surface area contributed by atoms with Crippen molar-refractivity contribution >= 4 is 56.5 Å². The smallest absolute Gasteiger partial charge is 0.344 e. The van der Waals surface area contributed by atoms with Crippen LogP contribution < -0.4 is 9.47 Å². The van der Waals surface area contributed by atoms with Gasteiger partial charge in [-0.1, -0.05) is 18.2 Å². The Kier molecular flexibility index (Phi) is 8.35. The summed E-state index contributed by atoms with van der Waals surface area (Å²) in [6, 6.07) is 13.0. The van der Waals surface area contributed by atoms with Gasteiger partial charge >= 0.3 is 5.97 Å². The highest BCUT2D eigenvalue weighted by molar-refractivity contribution is 9.10. The number of likely N-dealkylation sites (N-methyl/N-ethyl adjacent to an activating group) is 1. The Morgan fingerprint density at radius 3 is 2.59 bits per heavy atom. The molecule has 1 heterocycles. The van der Waals surface area contributed by atoms with Crippen LogP contribution in [0.15, 0.2) is 56.8 Å². The lowest BCUT2D eigenvalue weighted by molar-refractivity contribution is -0.145. The summed E-state index contributed by atoms with van der Waals surface area (Å²) in [4.78, 5) is 31.0. The summed E-state index contributed by atoms with van der Waals surface area (Å²) in [6.45, 7) is 4.05. The van der Waals surface area contributed by atoms with E-state index in [9.17, 15) is 9.59 Å². The van der Waals surface area contributed by atoms with E-state index >= 15 is 0 Å². The van der Waals surface area contributed by atoms with Crippen molar-refractivity contribution in [2.24, 2.45) is 4.99 Å². The molecule has 0 radical (unpaired) electrons. The van der Waals surface area contributed by atoms with Crippen LogP contribution in [0.1, 0.15) is 19.4 Å². The van der Waals surface area contributed by atoms with Gasteiger partial charge in [-0.25, -0.2) is 9.79 Å². The van der Waals surface area contributed by atoms with E-state index in [1.54, 1.807) is 32.2 Å². The molecule has 2 aromatic carbocycles. The van der Waals surface area contributed by atoms with E-state index < -0.39 is 5.97 Å². The first-order valence-electron chi connectivity index (χ1n) is 9.99. The Bertz CT molecular complexity index is 1060. The molecule has 168 valence electrons. The molecule has 0 aliphatic carbocycles. The van der Waals surface area contributed by atoms with Crippen molar-refractivity contribution < 1.29 is 23.8 Å². The molecule has 32 heavy (non-hydrogen) atoms. The summed E-state index contributed by atoms with van der Waals surface area (Å²) >= 11 is 4.78. The van der Waals surface area contributed by atoms with Crippen LogP contribution in [0.2, 0.25) is 0 Å². The molecule has 0 aromatic heterocycles. The summed E-state index contributed by atoms with van der Waals surface area (Å²) in [7, 11) is 1.70. The molecule has 3 rings (SSSR count). The SMILES string of the molecule is CCOC(=O)COc1c(Br)cc(C=C2SC(=Nc3ccccc3)N(C)C2=O)cc1OCC. The van der Waals surface area contributed by atoms with Gasteiger partial charge in [-0.05, 0) is 77.4 Å². The molecule has 2 aromatic rings. The number of hydrogen-bond acceptors (Lipinski definition) is 7. The number of thioether (sulfide) groups is 1. The first-order valence-corrected chi connectivity index (χ1v) is 11.6. The number of nitrogens with zero attached hydrogens (tertiary/aromatic N) is 2. The Labute approximate surface area is 199 Å². The maximum absolute atomic E-state index is 12.7. The number of hydrogen-bond donors (Lipinski definition) is 0. The zero-order valence-electron chi connectivity index (χ0n) is 18.0. The monoisotopic (exact) mass is 518 g/mol. The first-order chi connectivity index (χ1) is 15.4. The van der Waals surface area contributed by atoms with Gasteiger partial charge in [-0.3, -0.25) is 9.69 Å². The molecule has 0 N–H and O–H groups in total. The largest absolute Gasteiger partial charge is 0.490 e. The van der Waals surface area contributed by atoms with Crippen LogP contribution in [-0.2, 0) is 14.3 Å². The second-order valence-corrected chi connectivity index (χ2v) is 8.42. The summed E-state index contributed by atoms with van der Waals surface area (Å²) in [5, 5.41) is 0.603. The number of ether oxygens (including phenoxy) is 3. The topological polar surface area (TPSA) is 77.4 Å². The van der Waals surface area contributed by atoms with Gasteiger partial charge in [0.05, 0.1) is 28.3 Å². The molecule has 9 heteroatoms. The fourth-order valence-corrected chi connectivity index (χ4v) is 4.39. The third-order valence-corrected chi connectivity index (χ3v) is 5.90. The van der Waals surface area contributed by atoms with Gasteiger partial charge in [0.25, 0.3) is 5.91 Å². The van der Waals surface area contributed by atoms with Crippen molar-refractivity contribution in [2.75, 3.05) is 26.9 Å². The molecule has 7 nitrogen and oxygen atoms in total. The molecule has 0 saturated carbocycles. The number of aliphatic imine (C=N–C) groups is 1. The zero-order chi connectivity index (χ0) is 23.1. The maximum Gasteiger partial charge on any atom is 0.344 e. The summed E-state index contributed by atoms with van der Waals surface area (Å²) < 4.78 is 16.8. The predicted molar refractivity (Wildman–Crippen MR) is 129 cm³/mol. The van der Waals surface area contributed by atoms with Crippen LogP contribution in [0.3, 0.4) is 0 Å². The van der Waals surface area contributed by atoms with E-state index in [0.717, 1.165) is 11.3 Å². The number of benzene rings is 2. The van der Waals surface area contributed by atoms with E-state index in [4.69, 9.17) is 14.2 Å². The van der Waals surface area contributed by atoms with Crippen LogP contribution >= 0.6 is 27.7 Å². The van der Waals surface area contributed by atoms with Crippen molar-refractivity contribution in [1.82, 2.24) is 4.90 Å². The van der Waals surface area contributed by atoms with Gasteiger partial charge in [0.15, 0.2) is 23.3 Å². The Morgan fingerprint density at radius 1 is 1.16 bits per heavy atom. The molecule has 0 unspecified atom stereocenters. The van der Waals surface area contributed by atoms with Crippen LogP contribution in [-0.4, -0.2) is 48.8 Å². The quantitative estimate of drug-likeness (QED) is 0.360. The highest BCUT2D eigenvalue weighted by Crippen LogP contribution is 2.39. The number of halogens is 1. The maximum atomic E-state index is 12.7. The summed E-state index contributed by atoms with van der Waals surface area (Å²) in [5.41, 5.74) is 1.52. The van der Waals surface area contributed by atoms with Gasteiger partial charge in [-0.15, -0.1) is 0 Å². The summed E-state index contributed by atoms with van der Waals surface area (Å²) in [6.07, 6.45) is 1.78. The van der Waals surface area contributed by atoms with E-state index in [0.29, 0.717) is 32.7 Å². The molecule has 0 atom stereocenters. The fraction of sp³-hybridized carbons (Fsp3) is 0.261. The number of carbonyl (C=O) groups is 2. The lowest BCUT2D eigenvalue weighted by atomic mass is 10.2. The predicted octanol–water partition coefficient (Wildman–Crippen LogP) is 5.02. The molecular formula is C23H23BrN2O5S. The molecule has 1 aliphatic heterocycles. The minimum atomic E-state index is -0.464. The van der Waals surface area contributed by atoms with Gasteiger partial charge in [0.1, 0.15) is 0 Å². The van der Waals surface area contributed by atoms with Crippen molar-refractivity contribution in [3.8, 4) is 11.5 Å². The van der Waals surface area contributed by atoms with Gasteiger partial charge < -0.3 is 14.2 Å². The van der Waals surface area contributed by atoms with Crippen molar-refractivity contribution in [3.63, 3.8) is 0 Å². The normalized spacial score (nSPS) is 16.0. The van der Waals surface area contributed by atoms with E-state index in [1.165, 1.54) is 16.7 Å². The van der Waals surface area contributed by atoms with Crippen molar-refractivity contribution in [1.29, 1.82) is 0 Å². The first kappa shape index (κ1) is 23.9. The van der Waals surface area contributed by atoms with E-state index in [1.807, 2.05) is 37.3 Å². The second-order valence-electron chi connectivity index (χ2n) is 6.56. The number of amides is 1. The lowest BCUT2D eigenvalue weighted by Gasteiger charge is -2.14. The van der Waals surface area contributed by atoms with Gasteiger partial charge in [0, 0.05) is 7.05 Å². The molecule has 0 spiro atoms. The van der Waals surface area contributed by atoms with Gasteiger partial charge in [0.2, 0.25) is 0 Å². The molecular weight excluding hydrogens is 496 g/mol. The molecule has 1 amide bonds. The third-order valence-electron chi connectivity index (χ3n) is 4.25. The van der Waals surface area contributed by atoms with Crippen molar-refractivity contribution in [2.45, 2.75) is 13.8 Å².